The second-order valence-corrected chi connectivity index (χ2v) is 4.20. The summed E-state index contributed by atoms with van der Waals surface area (Å²) < 4.78 is 0. The molecule has 0 fully saturated rings. The van der Waals surface area contributed by atoms with Crippen molar-refractivity contribution in [1.29, 1.82) is 0 Å². The van der Waals surface area contributed by atoms with E-state index in [0.717, 1.165) is 25.2 Å². The van der Waals surface area contributed by atoms with Gasteiger partial charge in [0, 0.05) is 19.7 Å². The summed E-state index contributed by atoms with van der Waals surface area (Å²) >= 11 is 5.76. The molecular formula is C10H17ClN4. The van der Waals surface area contributed by atoms with Crippen LogP contribution in [-0.2, 0) is 0 Å². The molecule has 0 aromatic carbocycles. The maximum Gasteiger partial charge on any atom is 0.153 e. The van der Waals surface area contributed by atoms with Gasteiger partial charge in [-0.25, -0.2) is 0 Å². The molecule has 0 aliphatic carbocycles. The van der Waals surface area contributed by atoms with Crippen LogP contribution in [0, 0.1) is 0 Å². The van der Waals surface area contributed by atoms with Crippen molar-refractivity contribution in [3.05, 3.63) is 17.4 Å². The quantitative estimate of drug-likeness (QED) is 0.765. The van der Waals surface area contributed by atoms with Crippen molar-refractivity contribution in [2.24, 2.45) is 0 Å². The second kappa shape index (κ2) is 5.88. The fourth-order valence-corrected chi connectivity index (χ4v) is 1.45. The fraction of sp³-hybridized carbons (Fsp3) is 0.600. The summed E-state index contributed by atoms with van der Waals surface area (Å²) in [5, 5.41) is 7.96. The molecule has 0 atom stereocenters. The highest BCUT2D eigenvalue weighted by molar-refractivity contribution is 6.29. The lowest BCUT2D eigenvalue weighted by Gasteiger charge is -2.19. The Kier molecular flexibility index (Phi) is 4.78. The number of rotatable bonds is 5. The van der Waals surface area contributed by atoms with E-state index in [1.807, 2.05) is 13.1 Å². The van der Waals surface area contributed by atoms with Gasteiger partial charge in [0.05, 0.1) is 11.9 Å². The Morgan fingerprint density at radius 2 is 2.00 bits per heavy atom. The number of hydrogen-bond donors (Lipinski definition) is 0. The van der Waals surface area contributed by atoms with Crippen molar-refractivity contribution in [1.82, 2.24) is 15.1 Å². The van der Waals surface area contributed by atoms with E-state index in [4.69, 9.17) is 11.6 Å². The molecule has 0 bridgehead atoms. The van der Waals surface area contributed by atoms with Gasteiger partial charge in [-0.15, -0.1) is 5.10 Å². The van der Waals surface area contributed by atoms with Gasteiger partial charge >= 0.3 is 0 Å². The Bertz CT molecular complexity index is 303. The SMILES string of the molecule is CN(C)CCCN(C)c1cnnc(Cl)c1. The number of halogens is 1. The molecule has 0 aliphatic heterocycles. The minimum Gasteiger partial charge on any atom is -0.373 e. The number of aromatic nitrogens is 2. The highest BCUT2D eigenvalue weighted by Gasteiger charge is 2.02. The Balaban J connectivity index is 2.43. The van der Waals surface area contributed by atoms with Crippen molar-refractivity contribution in [2.45, 2.75) is 6.42 Å². The predicted octanol–water partition coefficient (Wildman–Crippen LogP) is 1.52. The van der Waals surface area contributed by atoms with Gasteiger partial charge in [-0.05, 0) is 27.1 Å². The molecule has 0 spiro atoms. The van der Waals surface area contributed by atoms with E-state index < -0.39 is 0 Å². The second-order valence-electron chi connectivity index (χ2n) is 3.81. The molecule has 84 valence electrons. The maximum absolute atomic E-state index is 5.76. The van der Waals surface area contributed by atoms with Gasteiger partial charge in [-0.2, -0.15) is 5.10 Å². The molecular weight excluding hydrogens is 212 g/mol. The first-order valence-corrected chi connectivity index (χ1v) is 5.31. The van der Waals surface area contributed by atoms with Crippen LogP contribution in [0.15, 0.2) is 12.3 Å². The Hall–Kier alpha value is -0.870. The zero-order valence-electron chi connectivity index (χ0n) is 9.44. The summed E-state index contributed by atoms with van der Waals surface area (Å²) in [5.41, 5.74) is 1.01. The lowest BCUT2D eigenvalue weighted by molar-refractivity contribution is 0.401. The zero-order chi connectivity index (χ0) is 11.3. The summed E-state index contributed by atoms with van der Waals surface area (Å²) in [5.74, 6) is 0. The van der Waals surface area contributed by atoms with E-state index in [1.54, 1.807) is 6.20 Å². The van der Waals surface area contributed by atoms with Crippen LogP contribution in [0.4, 0.5) is 5.69 Å². The van der Waals surface area contributed by atoms with Crippen LogP contribution in [0.1, 0.15) is 6.42 Å². The molecule has 1 heterocycles. The summed E-state index contributed by atoms with van der Waals surface area (Å²) in [7, 11) is 6.18. The Labute approximate surface area is 95.9 Å². The topological polar surface area (TPSA) is 32.3 Å². The molecule has 1 aromatic rings. The molecule has 0 saturated carbocycles. The molecule has 1 aromatic heterocycles. The third kappa shape index (κ3) is 4.44. The van der Waals surface area contributed by atoms with Gasteiger partial charge in [0.1, 0.15) is 0 Å². The average Bonchev–Trinajstić information content (AvgIpc) is 2.17. The molecule has 4 nitrogen and oxygen atoms in total. The summed E-state index contributed by atoms with van der Waals surface area (Å²) in [6.45, 7) is 2.07. The first-order valence-electron chi connectivity index (χ1n) is 4.93. The number of hydrogen-bond acceptors (Lipinski definition) is 4. The molecule has 0 amide bonds. The molecule has 1 rings (SSSR count). The van der Waals surface area contributed by atoms with E-state index in [2.05, 4.69) is 34.1 Å². The minimum absolute atomic E-state index is 0.437. The normalized spacial score (nSPS) is 10.7. The maximum atomic E-state index is 5.76. The van der Waals surface area contributed by atoms with Gasteiger partial charge in [-0.1, -0.05) is 11.6 Å². The van der Waals surface area contributed by atoms with E-state index >= 15 is 0 Å². The highest BCUT2D eigenvalue weighted by atomic mass is 35.5. The van der Waals surface area contributed by atoms with Crippen LogP contribution < -0.4 is 4.90 Å². The van der Waals surface area contributed by atoms with E-state index in [-0.39, 0.29) is 0 Å². The highest BCUT2D eigenvalue weighted by Crippen LogP contribution is 2.14. The monoisotopic (exact) mass is 228 g/mol. The average molecular weight is 229 g/mol. The fourth-order valence-electron chi connectivity index (χ4n) is 1.29. The van der Waals surface area contributed by atoms with Gasteiger partial charge < -0.3 is 9.80 Å². The van der Waals surface area contributed by atoms with Crippen LogP contribution in [0.2, 0.25) is 5.15 Å². The van der Waals surface area contributed by atoms with E-state index in [9.17, 15) is 0 Å². The number of anilines is 1. The molecule has 0 radical (unpaired) electrons. The van der Waals surface area contributed by atoms with Crippen molar-refractivity contribution in [2.75, 3.05) is 39.1 Å². The third-order valence-corrected chi connectivity index (χ3v) is 2.33. The van der Waals surface area contributed by atoms with Crippen LogP contribution in [0.5, 0.6) is 0 Å². The smallest absolute Gasteiger partial charge is 0.153 e. The standard InChI is InChI=1S/C10H17ClN4/c1-14(2)5-4-6-15(3)9-7-10(11)13-12-8-9/h7-8H,4-6H2,1-3H3. The molecule has 0 saturated heterocycles. The minimum atomic E-state index is 0.437. The molecule has 0 unspecified atom stereocenters. The first-order chi connectivity index (χ1) is 7.09. The van der Waals surface area contributed by atoms with E-state index in [0.29, 0.717) is 5.15 Å². The van der Waals surface area contributed by atoms with Crippen molar-refractivity contribution in [3.8, 4) is 0 Å². The van der Waals surface area contributed by atoms with Crippen LogP contribution >= 0.6 is 11.6 Å². The third-order valence-electron chi connectivity index (χ3n) is 2.15. The number of nitrogens with zero attached hydrogens (tertiary/aromatic N) is 4. The molecule has 5 heteroatoms. The van der Waals surface area contributed by atoms with Crippen molar-refractivity contribution < 1.29 is 0 Å². The first kappa shape index (κ1) is 12.2. The van der Waals surface area contributed by atoms with Gasteiger partial charge in [0.25, 0.3) is 0 Å². The van der Waals surface area contributed by atoms with E-state index in [1.165, 1.54) is 0 Å². The Morgan fingerprint density at radius 3 is 2.60 bits per heavy atom. The van der Waals surface area contributed by atoms with Gasteiger partial charge in [0.15, 0.2) is 5.15 Å². The van der Waals surface area contributed by atoms with Crippen molar-refractivity contribution in [3.63, 3.8) is 0 Å². The van der Waals surface area contributed by atoms with Gasteiger partial charge in [-0.3, -0.25) is 0 Å². The van der Waals surface area contributed by atoms with Crippen LogP contribution in [0.3, 0.4) is 0 Å². The molecule has 15 heavy (non-hydrogen) atoms. The Morgan fingerprint density at radius 1 is 1.27 bits per heavy atom. The zero-order valence-corrected chi connectivity index (χ0v) is 10.2. The lowest BCUT2D eigenvalue weighted by atomic mass is 10.3. The molecule has 0 N–H and O–H groups in total. The summed E-state index contributed by atoms with van der Waals surface area (Å²) in [6.07, 6.45) is 2.84. The lowest BCUT2D eigenvalue weighted by Crippen LogP contribution is -2.23. The van der Waals surface area contributed by atoms with Crippen LogP contribution in [0.25, 0.3) is 0 Å². The molecule has 0 aliphatic rings. The predicted molar refractivity (Wildman–Crippen MR) is 63.5 cm³/mol. The summed E-state index contributed by atoms with van der Waals surface area (Å²) in [6, 6.07) is 1.82. The largest absolute Gasteiger partial charge is 0.373 e. The van der Waals surface area contributed by atoms with Crippen molar-refractivity contribution >= 4 is 17.3 Å². The van der Waals surface area contributed by atoms with Gasteiger partial charge in [0.2, 0.25) is 0 Å². The summed E-state index contributed by atoms with van der Waals surface area (Å²) in [4.78, 5) is 4.30. The van der Waals surface area contributed by atoms with Crippen LogP contribution in [-0.4, -0.2) is 49.3 Å².